The predicted molar refractivity (Wildman–Crippen MR) is 73.5 cm³/mol. The summed E-state index contributed by atoms with van der Waals surface area (Å²) in [5.41, 5.74) is 1.25. The van der Waals surface area contributed by atoms with Crippen LogP contribution in [0.25, 0.3) is 0 Å². The summed E-state index contributed by atoms with van der Waals surface area (Å²) in [5, 5.41) is 8.71. The van der Waals surface area contributed by atoms with Gasteiger partial charge in [-0.15, -0.1) is 0 Å². The van der Waals surface area contributed by atoms with Gasteiger partial charge in [0.1, 0.15) is 18.2 Å². The van der Waals surface area contributed by atoms with Gasteiger partial charge in [-0.1, -0.05) is 35.9 Å². The fourth-order valence-corrected chi connectivity index (χ4v) is 1.88. The smallest absolute Gasteiger partial charge is 0.307 e. The number of aliphatic carboxylic acids is 1. The molecule has 0 aliphatic rings. The number of ether oxygens (including phenoxy) is 1. The summed E-state index contributed by atoms with van der Waals surface area (Å²) in [7, 11) is 0. The van der Waals surface area contributed by atoms with E-state index >= 15 is 0 Å². The molecule has 0 heterocycles. The van der Waals surface area contributed by atoms with E-state index < -0.39 is 11.8 Å². The number of halogens is 2. The summed E-state index contributed by atoms with van der Waals surface area (Å²) in [6.45, 7) is 0.148. The van der Waals surface area contributed by atoms with Crippen molar-refractivity contribution in [2.24, 2.45) is 0 Å². The number of hydrogen-bond acceptors (Lipinski definition) is 2. The third-order valence-corrected chi connectivity index (χ3v) is 3.13. The maximum absolute atomic E-state index is 13.2. The normalized spacial score (nSPS) is 10.3. The lowest BCUT2D eigenvalue weighted by Crippen LogP contribution is -2.00. The van der Waals surface area contributed by atoms with Gasteiger partial charge < -0.3 is 9.84 Å². The van der Waals surface area contributed by atoms with Gasteiger partial charge in [0.2, 0.25) is 0 Å². The average molecular weight is 295 g/mol. The van der Waals surface area contributed by atoms with E-state index in [0.29, 0.717) is 16.9 Å². The molecular weight excluding hydrogens is 283 g/mol. The van der Waals surface area contributed by atoms with E-state index in [2.05, 4.69) is 0 Å². The molecule has 20 heavy (non-hydrogen) atoms. The molecule has 0 unspecified atom stereocenters. The van der Waals surface area contributed by atoms with Crippen molar-refractivity contribution < 1.29 is 19.0 Å². The first-order chi connectivity index (χ1) is 9.56. The van der Waals surface area contributed by atoms with E-state index in [1.807, 2.05) is 0 Å². The van der Waals surface area contributed by atoms with Crippen molar-refractivity contribution in [2.45, 2.75) is 13.0 Å². The Labute approximate surface area is 120 Å². The highest BCUT2D eigenvalue weighted by molar-refractivity contribution is 6.31. The van der Waals surface area contributed by atoms with Crippen LogP contribution in [0.5, 0.6) is 5.75 Å². The van der Waals surface area contributed by atoms with E-state index in [0.717, 1.165) is 0 Å². The van der Waals surface area contributed by atoms with Gasteiger partial charge in [0, 0.05) is 5.56 Å². The molecule has 0 fully saturated rings. The first-order valence-corrected chi connectivity index (χ1v) is 6.30. The van der Waals surface area contributed by atoms with Crippen LogP contribution in [0.3, 0.4) is 0 Å². The van der Waals surface area contributed by atoms with Crippen molar-refractivity contribution in [3.05, 3.63) is 64.4 Å². The summed E-state index contributed by atoms with van der Waals surface area (Å²) in [5.74, 6) is -0.797. The van der Waals surface area contributed by atoms with Crippen LogP contribution in [0.2, 0.25) is 5.02 Å². The molecule has 0 bridgehead atoms. The fraction of sp³-hybridized carbons (Fsp3) is 0.133. The van der Waals surface area contributed by atoms with Gasteiger partial charge in [-0.05, 0) is 23.8 Å². The standard InChI is InChI=1S/C15H12ClFO3/c16-15-11(2-1-3-13(15)17)9-20-12-6-4-10(5-7-12)8-14(18)19/h1-7H,8-9H2,(H,18,19). The number of rotatable bonds is 5. The predicted octanol–water partition coefficient (Wildman–Crippen LogP) is 3.69. The number of carboxylic acids is 1. The van der Waals surface area contributed by atoms with Crippen molar-refractivity contribution in [3.63, 3.8) is 0 Å². The van der Waals surface area contributed by atoms with Crippen LogP contribution in [0.4, 0.5) is 4.39 Å². The highest BCUT2D eigenvalue weighted by Gasteiger charge is 2.06. The van der Waals surface area contributed by atoms with Crippen molar-refractivity contribution >= 4 is 17.6 Å². The lowest BCUT2D eigenvalue weighted by molar-refractivity contribution is -0.136. The van der Waals surface area contributed by atoms with Crippen LogP contribution < -0.4 is 4.74 Å². The van der Waals surface area contributed by atoms with E-state index in [9.17, 15) is 9.18 Å². The molecule has 2 aromatic rings. The summed E-state index contributed by atoms with van der Waals surface area (Å²) < 4.78 is 18.7. The first kappa shape index (κ1) is 14.3. The Kier molecular flexibility index (Phi) is 4.58. The minimum atomic E-state index is -0.884. The zero-order valence-corrected chi connectivity index (χ0v) is 11.2. The molecule has 0 atom stereocenters. The van der Waals surface area contributed by atoms with E-state index in [4.69, 9.17) is 21.4 Å². The monoisotopic (exact) mass is 294 g/mol. The van der Waals surface area contributed by atoms with Gasteiger partial charge >= 0.3 is 5.97 Å². The molecule has 0 aromatic heterocycles. The van der Waals surface area contributed by atoms with Gasteiger partial charge in [0.05, 0.1) is 11.4 Å². The van der Waals surface area contributed by atoms with Crippen molar-refractivity contribution in [2.75, 3.05) is 0 Å². The molecular formula is C15H12ClFO3. The Balaban J connectivity index is 2.00. The molecule has 0 saturated heterocycles. The van der Waals surface area contributed by atoms with Crippen LogP contribution in [-0.2, 0) is 17.8 Å². The molecule has 0 saturated carbocycles. The van der Waals surface area contributed by atoms with Gasteiger partial charge in [0.25, 0.3) is 0 Å². The summed E-state index contributed by atoms with van der Waals surface area (Å²) in [6.07, 6.45) is -0.0317. The van der Waals surface area contributed by atoms with Gasteiger partial charge in [0.15, 0.2) is 0 Å². The van der Waals surface area contributed by atoms with Gasteiger partial charge in [-0.2, -0.15) is 0 Å². The SMILES string of the molecule is O=C(O)Cc1ccc(OCc2cccc(F)c2Cl)cc1. The zero-order valence-electron chi connectivity index (χ0n) is 10.5. The summed E-state index contributed by atoms with van der Waals surface area (Å²) in [6, 6.07) is 11.2. The topological polar surface area (TPSA) is 46.5 Å². The Hall–Kier alpha value is -2.07. The molecule has 2 rings (SSSR count). The Morgan fingerprint density at radius 1 is 1.20 bits per heavy atom. The number of carboxylic acid groups (broad SMARTS) is 1. The minimum Gasteiger partial charge on any atom is -0.489 e. The molecule has 0 radical (unpaired) electrons. The molecule has 1 N–H and O–H groups in total. The van der Waals surface area contributed by atoms with Crippen molar-refractivity contribution in [3.8, 4) is 5.75 Å². The number of hydrogen-bond donors (Lipinski definition) is 1. The van der Waals surface area contributed by atoms with Crippen molar-refractivity contribution in [1.82, 2.24) is 0 Å². The second kappa shape index (κ2) is 6.39. The highest BCUT2D eigenvalue weighted by Crippen LogP contribution is 2.22. The molecule has 5 heteroatoms. The van der Waals surface area contributed by atoms with Gasteiger partial charge in [-0.25, -0.2) is 4.39 Å². The Bertz CT molecular complexity index is 611. The first-order valence-electron chi connectivity index (χ1n) is 5.92. The third kappa shape index (κ3) is 3.71. The van der Waals surface area contributed by atoms with Crippen LogP contribution in [0.1, 0.15) is 11.1 Å². The molecule has 2 aromatic carbocycles. The average Bonchev–Trinajstić information content (AvgIpc) is 2.41. The largest absolute Gasteiger partial charge is 0.489 e. The van der Waals surface area contributed by atoms with Gasteiger partial charge in [-0.3, -0.25) is 4.79 Å². The fourth-order valence-electron chi connectivity index (χ4n) is 1.70. The van der Waals surface area contributed by atoms with Crippen LogP contribution in [-0.4, -0.2) is 11.1 Å². The van der Waals surface area contributed by atoms with Crippen LogP contribution >= 0.6 is 11.6 Å². The molecule has 3 nitrogen and oxygen atoms in total. The Morgan fingerprint density at radius 2 is 1.90 bits per heavy atom. The van der Waals surface area contributed by atoms with Crippen molar-refractivity contribution in [1.29, 1.82) is 0 Å². The summed E-state index contributed by atoms with van der Waals surface area (Å²) >= 11 is 5.82. The van der Waals surface area contributed by atoms with Crippen LogP contribution in [0.15, 0.2) is 42.5 Å². The Morgan fingerprint density at radius 3 is 2.55 bits per heavy atom. The maximum atomic E-state index is 13.2. The highest BCUT2D eigenvalue weighted by atomic mass is 35.5. The molecule has 0 aliphatic carbocycles. The van der Waals surface area contributed by atoms with E-state index in [-0.39, 0.29) is 18.1 Å². The summed E-state index contributed by atoms with van der Waals surface area (Å²) in [4.78, 5) is 10.6. The molecule has 0 aliphatic heterocycles. The zero-order chi connectivity index (χ0) is 14.5. The van der Waals surface area contributed by atoms with E-state index in [1.54, 1.807) is 36.4 Å². The lowest BCUT2D eigenvalue weighted by atomic mass is 10.1. The second-order valence-corrected chi connectivity index (χ2v) is 4.59. The van der Waals surface area contributed by atoms with E-state index in [1.165, 1.54) is 6.07 Å². The second-order valence-electron chi connectivity index (χ2n) is 4.22. The minimum absolute atomic E-state index is 0.0317. The molecule has 0 amide bonds. The number of carbonyl (C=O) groups is 1. The molecule has 0 spiro atoms. The van der Waals surface area contributed by atoms with Crippen LogP contribution in [0, 0.1) is 5.82 Å². The number of benzene rings is 2. The maximum Gasteiger partial charge on any atom is 0.307 e. The third-order valence-electron chi connectivity index (χ3n) is 2.70. The molecule has 104 valence electrons. The quantitative estimate of drug-likeness (QED) is 0.915. The lowest BCUT2D eigenvalue weighted by Gasteiger charge is -2.08.